The van der Waals surface area contributed by atoms with E-state index in [0.29, 0.717) is 23.9 Å². The van der Waals surface area contributed by atoms with Crippen LogP contribution in [0.1, 0.15) is 18.9 Å². The zero-order valence-electron chi connectivity index (χ0n) is 14.9. The average molecular weight is 354 g/mol. The number of carbonyl (C=O) groups excluding carboxylic acids is 1. The molecule has 1 aromatic heterocycles. The van der Waals surface area contributed by atoms with Gasteiger partial charge >= 0.3 is 0 Å². The topological polar surface area (TPSA) is 76.1 Å². The quantitative estimate of drug-likeness (QED) is 0.827. The van der Waals surface area contributed by atoms with Crippen LogP contribution in [0.2, 0.25) is 0 Å². The molecule has 1 N–H and O–H groups in total. The van der Waals surface area contributed by atoms with E-state index >= 15 is 0 Å². The van der Waals surface area contributed by atoms with Gasteiger partial charge in [0.15, 0.2) is 11.5 Å². The first-order chi connectivity index (χ1) is 12.7. The Labute approximate surface area is 152 Å². The Bertz CT molecular complexity index is 807. The summed E-state index contributed by atoms with van der Waals surface area (Å²) < 4.78 is 11.2. The maximum Gasteiger partial charge on any atom is 0.241 e. The summed E-state index contributed by atoms with van der Waals surface area (Å²) in [6.07, 6.45) is 2.56. The molecule has 2 heterocycles. The molecule has 0 unspecified atom stereocenters. The van der Waals surface area contributed by atoms with Gasteiger partial charge in [-0.15, -0.1) is 0 Å². The molecule has 0 bridgehead atoms. The van der Waals surface area contributed by atoms with E-state index in [1.54, 1.807) is 18.3 Å². The van der Waals surface area contributed by atoms with Crippen LogP contribution in [0.15, 0.2) is 47.7 Å². The minimum atomic E-state index is -0.0875. The first kappa shape index (κ1) is 17.7. The van der Waals surface area contributed by atoms with Crippen LogP contribution < -0.4 is 14.8 Å². The molecule has 1 aliphatic heterocycles. The molecule has 1 aromatic carbocycles. The van der Waals surface area contributed by atoms with Crippen LogP contribution in [0, 0.1) is 0 Å². The zero-order valence-corrected chi connectivity index (χ0v) is 14.9. The molecule has 0 spiro atoms. The number of hydrazone groups is 1. The summed E-state index contributed by atoms with van der Waals surface area (Å²) >= 11 is 0. The van der Waals surface area contributed by atoms with Gasteiger partial charge in [0.25, 0.3) is 0 Å². The third kappa shape index (κ3) is 4.50. The first-order valence-corrected chi connectivity index (χ1v) is 8.46. The molecule has 0 atom stereocenters. The van der Waals surface area contributed by atoms with Crippen molar-refractivity contribution in [1.29, 1.82) is 0 Å². The minimum Gasteiger partial charge on any atom is -0.493 e. The van der Waals surface area contributed by atoms with Gasteiger partial charge < -0.3 is 14.8 Å². The maximum atomic E-state index is 12.1. The van der Waals surface area contributed by atoms with Gasteiger partial charge in [0.1, 0.15) is 6.54 Å². The van der Waals surface area contributed by atoms with E-state index in [0.717, 1.165) is 24.2 Å². The molecule has 26 heavy (non-hydrogen) atoms. The minimum absolute atomic E-state index is 0.0875. The number of ether oxygens (including phenoxy) is 2. The summed E-state index contributed by atoms with van der Waals surface area (Å²) in [5.74, 6) is 1.54. The van der Waals surface area contributed by atoms with Crippen LogP contribution in [-0.2, 0) is 11.3 Å². The Balaban J connectivity index is 1.63. The smallest absolute Gasteiger partial charge is 0.241 e. The molecule has 0 radical (unpaired) electrons. The van der Waals surface area contributed by atoms with E-state index in [2.05, 4.69) is 15.4 Å². The van der Waals surface area contributed by atoms with Crippen LogP contribution >= 0.6 is 0 Å². The molecule has 0 fully saturated rings. The Kier molecular flexibility index (Phi) is 5.68. The summed E-state index contributed by atoms with van der Waals surface area (Å²) in [5, 5.41) is 8.99. The Morgan fingerprint density at radius 2 is 2.04 bits per heavy atom. The lowest BCUT2D eigenvalue weighted by Gasteiger charge is -2.15. The third-order valence-electron chi connectivity index (χ3n) is 3.97. The molecule has 1 amide bonds. The fourth-order valence-corrected chi connectivity index (χ4v) is 2.62. The predicted octanol–water partition coefficient (Wildman–Crippen LogP) is 2.58. The molecule has 3 rings (SSSR count). The van der Waals surface area contributed by atoms with Crippen LogP contribution in [0.5, 0.6) is 17.4 Å². The van der Waals surface area contributed by atoms with E-state index in [1.807, 2.05) is 43.3 Å². The standard InChI is InChI=1S/C19H22N4O3/c1-14-9-11-23(22-14)13-18(24)21-12-15-6-5-10-20-19(15)26-17-8-4-3-7-16(17)25-2/h3-8,10H,9,11-13H2,1-2H3,(H,21,24). The van der Waals surface area contributed by atoms with Gasteiger partial charge in [0.05, 0.1) is 7.11 Å². The lowest BCUT2D eigenvalue weighted by molar-refractivity contribution is -0.122. The number of para-hydroxylation sites is 2. The van der Waals surface area contributed by atoms with Gasteiger partial charge in [-0.05, 0) is 25.1 Å². The number of aromatic nitrogens is 1. The van der Waals surface area contributed by atoms with Gasteiger partial charge in [-0.3, -0.25) is 9.80 Å². The summed E-state index contributed by atoms with van der Waals surface area (Å²) in [5.41, 5.74) is 1.84. The van der Waals surface area contributed by atoms with Crippen molar-refractivity contribution in [2.75, 3.05) is 20.2 Å². The second-order valence-electron chi connectivity index (χ2n) is 5.97. The van der Waals surface area contributed by atoms with Crippen LogP contribution in [-0.4, -0.2) is 41.8 Å². The highest BCUT2D eigenvalue weighted by Gasteiger charge is 2.15. The van der Waals surface area contributed by atoms with Gasteiger partial charge in [-0.25, -0.2) is 4.98 Å². The average Bonchev–Trinajstić information content (AvgIpc) is 3.06. The number of benzene rings is 1. The Morgan fingerprint density at radius 1 is 1.23 bits per heavy atom. The SMILES string of the molecule is COc1ccccc1Oc1ncccc1CNC(=O)CN1CCC(C)=N1. The monoisotopic (exact) mass is 354 g/mol. The van der Waals surface area contributed by atoms with Crippen molar-refractivity contribution >= 4 is 11.6 Å². The van der Waals surface area contributed by atoms with Crippen molar-refractivity contribution in [3.8, 4) is 17.4 Å². The molecule has 1 aliphatic rings. The van der Waals surface area contributed by atoms with E-state index in [-0.39, 0.29) is 12.5 Å². The molecule has 2 aromatic rings. The largest absolute Gasteiger partial charge is 0.493 e. The second kappa shape index (κ2) is 8.33. The highest BCUT2D eigenvalue weighted by atomic mass is 16.5. The molecule has 0 aliphatic carbocycles. The van der Waals surface area contributed by atoms with Crippen molar-refractivity contribution in [1.82, 2.24) is 15.3 Å². The van der Waals surface area contributed by atoms with Crippen molar-refractivity contribution in [2.24, 2.45) is 5.10 Å². The molecule has 7 nitrogen and oxygen atoms in total. The van der Waals surface area contributed by atoms with Gasteiger partial charge in [0.2, 0.25) is 11.8 Å². The number of carbonyl (C=O) groups is 1. The van der Waals surface area contributed by atoms with Crippen LogP contribution in [0.3, 0.4) is 0 Å². The fraction of sp³-hybridized carbons (Fsp3) is 0.316. The number of nitrogens with zero attached hydrogens (tertiary/aromatic N) is 3. The fourth-order valence-electron chi connectivity index (χ4n) is 2.62. The van der Waals surface area contributed by atoms with E-state index in [4.69, 9.17) is 9.47 Å². The molecular weight excluding hydrogens is 332 g/mol. The van der Waals surface area contributed by atoms with Crippen molar-refractivity contribution in [3.63, 3.8) is 0 Å². The highest BCUT2D eigenvalue weighted by molar-refractivity contribution is 5.84. The van der Waals surface area contributed by atoms with Crippen LogP contribution in [0.4, 0.5) is 0 Å². The van der Waals surface area contributed by atoms with E-state index in [1.165, 1.54) is 0 Å². The number of hydrogen-bond acceptors (Lipinski definition) is 6. The summed E-state index contributed by atoms with van der Waals surface area (Å²) in [4.78, 5) is 16.4. The summed E-state index contributed by atoms with van der Waals surface area (Å²) in [7, 11) is 1.59. The normalized spacial score (nSPS) is 13.3. The lowest BCUT2D eigenvalue weighted by Crippen LogP contribution is -2.33. The Morgan fingerprint density at radius 3 is 2.77 bits per heavy atom. The number of rotatable bonds is 7. The zero-order chi connectivity index (χ0) is 18.4. The number of amides is 1. The molecule has 136 valence electrons. The lowest BCUT2D eigenvalue weighted by atomic mass is 10.2. The molecule has 7 heteroatoms. The molecular formula is C19H22N4O3. The number of pyridine rings is 1. The number of nitrogens with one attached hydrogen (secondary N) is 1. The van der Waals surface area contributed by atoms with Gasteiger partial charge in [-0.1, -0.05) is 18.2 Å². The van der Waals surface area contributed by atoms with Crippen LogP contribution in [0.25, 0.3) is 0 Å². The Hall–Kier alpha value is -3.09. The first-order valence-electron chi connectivity index (χ1n) is 8.46. The third-order valence-corrected chi connectivity index (χ3v) is 3.97. The van der Waals surface area contributed by atoms with E-state index < -0.39 is 0 Å². The van der Waals surface area contributed by atoms with Gasteiger partial charge in [-0.2, -0.15) is 5.10 Å². The predicted molar refractivity (Wildman–Crippen MR) is 98.5 cm³/mol. The summed E-state index contributed by atoms with van der Waals surface area (Å²) in [6.45, 7) is 3.33. The number of hydrogen-bond donors (Lipinski definition) is 1. The molecule has 0 saturated heterocycles. The summed E-state index contributed by atoms with van der Waals surface area (Å²) in [6, 6.07) is 11.0. The van der Waals surface area contributed by atoms with Crippen molar-refractivity contribution < 1.29 is 14.3 Å². The van der Waals surface area contributed by atoms with Crippen molar-refractivity contribution in [2.45, 2.75) is 19.9 Å². The highest BCUT2D eigenvalue weighted by Crippen LogP contribution is 2.31. The van der Waals surface area contributed by atoms with Crippen molar-refractivity contribution in [3.05, 3.63) is 48.2 Å². The second-order valence-corrected chi connectivity index (χ2v) is 5.97. The maximum absolute atomic E-state index is 12.1. The molecule has 0 saturated carbocycles. The van der Waals surface area contributed by atoms with Gasteiger partial charge in [0, 0.05) is 37.0 Å². The number of methoxy groups -OCH3 is 1. The van der Waals surface area contributed by atoms with E-state index in [9.17, 15) is 4.79 Å².